The van der Waals surface area contributed by atoms with E-state index in [1.54, 1.807) is 0 Å². The second-order valence-electron chi connectivity index (χ2n) is 4.26. The van der Waals surface area contributed by atoms with Gasteiger partial charge in [0, 0.05) is 25.5 Å². The molecule has 4 nitrogen and oxygen atoms in total. The smallest absolute Gasteiger partial charge is 0.142 e. The molecule has 0 spiro atoms. The van der Waals surface area contributed by atoms with Gasteiger partial charge in [0.1, 0.15) is 17.6 Å². The Balaban J connectivity index is 0.000000902. The van der Waals surface area contributed by atoms with Crippen LogP contribution in [0.25, 0.3) is 11.0 Å². The molecule has 1 fully saturated rings. The van der Waals surface area contributed by atoms with Gasteiger partial charge in [-0.1, -0.05) is 0 Å². The molecule has 1 unspecified atom stereocenters. The molecule has 0 saturated carbocycles. The fourth-order valence-electron chi connectivity index (χ4n) is 2.28. The fraction of sp³-hybridized carbons (Fsp3) is 0.417. The minimum absolute atomic E-state index is 0. The Labute approximate surface area is 123 Å². The number of hydrogen-bond acceptors (Lipinski definition) is 3. The fourth-order valence-corrected chi connectivity index (χ4v) is 2.28. The molecule has 1 saturated heterocycles. The molecule has 0 aromatic carbocycles. The standard InChI is InChI=1S/C12H14FN3O.2ClH/c1-16-10(11-7-14-2-3-17-11)5-8-4-9(13)6-15-12(8)16;;/h4-6,11,14H,2-3,7H2,1H3;2*1H. The number of rotatable bonds is 1. The Hall–Kier alpha value is -0.880. The zero-order valence-electron chi connectivity index (χ0n) is 10.4. The topological polar surface area (TPSA) is 39.1 Å². The lowest BCUT2D eigenvalue weighted by Gasteiger charge is -2.24. The van der Waals surface area contributed by atoms with Gasteiger partial charge in [0.15, 0.2) is 0 Å². The lowest BCUT2D eigenvalue weighted by molar-refractivity contribution is 0.0235. The van der Waals surface area contributed by atoms with Crippen LogP contribution in [0.1, 0.15) is 11.8 Å². The van der Waals surface area contributed by atoms with Crippen molar-refractivity contribution in [3.05, 3.63) is 29.8 Å². The Morgan fingerprint density at radius 1 is 1.42 bits per heavy atom. The van der Waals surface area contributed by atoms with Crippen molar-refractivity contribution in [1.82, 2.24) is 14.9 Å². The van der Waals surface area contributed by atoms with Gasteiger partial charge >= 0.3 is 0 Å². The van der Waals surface area contributed by atoms with E-state index in [1.807, 2.05) is 17.7 Å². The summed E-state index contributed by atoms with van der Waals surface area (Å²) < 4.78 is 20.8. The summed E-state index contributed by atoms with van der Waals surface area (Å²) in [5.41, 5.74) is 1.82. The number of aromatic nitrogens is 2. The first-order valence-electron chi connectivity index (χ1n) is 5.69. The second kappa shape index (κ2) is 6.52. The monoisotopic (exact) mass is 307 g/mol. The number of aryl methyl sites for hydroxylation is 1. The molecule has 0 radical (unpaired) electrons. The third-order valence-electron chi connectivity index (χ3n) is 3.13. The molecular weight excluding hydrogens is 292 g/mol. The maximum atomic E-state index is 13.1. The molecular formula is C12H16Cl2FN3O. The van der Waals surface area contributed by atoms with Crippen molar-refractivity contribution in [2.75, 3.05) is 19.7 Å². The van der Waals surface area contributed by atoms with Crippen molar-refractivity contribution < 1.29 is 9.13 Å². The van der Waals surface area contributed by atoms with Crippen LogP contribution in [0.4, 0.5) is 4.39 Å². The number of nitrogens with one attached hydrogen (secondary N) is 1. The molecule has 1 aliphatic heterocycles. The van der Waals surface area contributed by atoms with Crippen molar-refractivity contribution in [1.29, 1.82) is 0 Å². The van der Waals surface area contributed by atoms with E-state index in [2.05, 4.69) is 10.3 Å². The largest absolute Gasteiger partial charge is 0.369 e. The van der Waals surface area contributed by atoms with E-state index in [0.717, 1.165) is 29.8 Å². The number of hydrogen-bond donors (Lipinski definition) is 1. The number of morpholine rings is 1. The van der Waals surface area contributed by atoms with E-state index in [4.69, 9.17) is 4.74 Å². The minimum Gasteiger partial charge on any atom is -0.369 e. The summed E-state index contributed by atoms with van der Waals surface area (Å²) in [4.78, 5) is 4.11. The van der Waals surface area contributed by atoms with Gasteiger partial charge in [0.25, 0.3) is 0 Å². The Morgan fingerprint density at radius 2 is 2.21 bits per heavy atom. The molecule has 1 N–H and O–H groups in total. The maximum Gasteiger partial charge on any atom is 0.142 e. The van der Waals surface area contributed by atoms with Crippen LogP contribution in [0.15, 0.2) is 18.3 Å². The molecule has 0 amide bonds. The van der Waals surface area contributed by atoms with Gasteiger partial charge in [-0.15, -0.1) is 24.8 Å². The Morgan fingerprint density at radius 3 is 2.89 bits per heavy atom. The minimum atomic E-state index is -0.308. The normalized spacial score (nSPS) is 18.7. The lowest BCUT2D eigenvalue weighted by Crippen LogP contribution is -2.34. The van der Waals surface area contributed by atoms with Crippen LogP contribution in [0.2, 0.25) is 0 Å². The van der Waals surface area contributed by atoms with Crippen LogP contribution < -0.4 is 5.32 Å². The second-order valence-corrected chi connectivity index (χ2v) is 4.26. The number of pyridine rings is 1. The van der Waals surface area contributed by atoms with E-state index in [0.29, 0.717) is 6.61 Å². The zero-order chi connectivity index (χ0) is 11.8. The van der Waals surface area contributed by atoms with Crippen LogP contribution in [-0.4, -0.2) is 29.2 Å². The highest BCUT2D eigenvalue weighted by molar-refractivity contribution is 5.85. The van der Waals surface area contributed by atoms with E-state index in [1.165, 1.54) is 12.3 Å². The van der Waals surface area contributed by atoms with E-state index >= 15 is 0 Å². The molecule has 1 atom stereocenters. The van der Waals surface area contributed by atoms with Crippen LogP contribution in [-0.2, 0) is 11.8 Å². The van der Waals surface area contributed by atoms with Crippen LogP contribution in [0, 0.1) is 5.82 Å². The molecule has 3 heterocycles. The highest BCUT2D eigenvalue weighted by Gasteiger charge is 2.20. The summed E-state index contributed by atoms with van der Waals surface area (Å²) in [6, 6.07) is 3.45. The first-order valence-corrected chi connectivity index (χ1v) is 5.69. The summed E-state index contributed by atoms with van der Waals surface area (Å²) >= 11 is 0. The summed E-state index contributed by atoms with van der Waals surface area (Å²) in [7, 11) is 1.93. The number of ether oxygens (including phenoxy) is 1. The summed E-state index contributed by atoms with van der Waals surface area (Å²) in [5.74, 6) is -0.308. The molecule has 19 heavy (non-hydrogen) atoms. The van der Waals surface area contributed by atoms with Gasteiger partial charge in [-0.3, -0.25) is 0 Å². The first kappa shape index (κ1) is 16.2. The van der Waals surface area contributed by atoms with Crippen LogP contribution in [0.5, 0.6) is 0 Å². The number of fused-ring (bicyclic) bond motifs is 1. The third-order valence-corrected chi connectivity index (χ3v) is 3.13. The molecule has 0 bridgehead atoms. The van der Waals surface area contributed by atoms with E-state index in [9.17, 15) is 4.39 Å². The summed E-state index contributed by atoms with van der Waals surface area (Å²) in [5, 5.41) is 4.10. The number of halogens is 3. The molecule has 7 heteroatoms. The quantitative estimate of drug-likeness (QED) is 0.878. The molecule has 2 aromatic rings. The summed E-state index contributed by atoms with van der Waals surface area (Å²) in [6.07, 6.45) is 1.26. The van der Waals surface area contributed by atoms with Gasteiger partial charge in [-0.25, -0.2) is 9.37 Å². The van der Waals surface area contributed by atoms with Crippen LogP contribution >= 0.6 is 24.8 Å². The molecule has 3 rings (SSSR count). The van der Waals surface area contributed by atoms with Gasteiger partial charge in [0.2, 0.25) is 0 Å². The molecule has 106 valence electrons. The zero-order valence-corrected chi connectivity index (χ0v) is 12.1. The lowest BCUT2D eigenvalue weighted by atomic mass is 10.2. The highest BCUT2D eigenvalue weighted by Crippen LogP contribution is 2.25. The Kier molecular flexibility index (Phi) is 5.55. The molecule has 0 aliphatic carbocycles. The van der Waals surface area contributed by atoms with Crippen LogP contribution in [0.3, 0.4) is 0 Å². The van der Waals surface area contributed by atoms with E-state index < -0.39 is 0 Å². The predicted octanol–water partition coefficient (Wildman–Crippen LogP) is 2.22. The van der Waals surface area contributed by atoms with Crippen molar-refractivity contribution in [3.8, 4) is 0 Å². The van der Waals surface area contributed by atoms with Crippen molar-refractivity contribution in [2.24, 2.45) is 7.05 Å². The van der Waals surface area contributed by atoms with Crippen molar-refractivity contribution in [2.45, 2.75) is 6.10 Å². The SMILES string of the molecule is Cl.Cl.Cn1c(C2CNCCO2)cc2cc(F)cnc21. The van der Waals surface area contributed by atoms with Crippen molar-refractivity contribution >= 4 is 35.8 Å². The predicted molar refractivity (Wildman–Crippen MR) is 76.7 cm³/mol. The maximum absolute atomic E-state index is 13.1. The molecule has 1 aliphatic rings. The van der Waals surface area contributed by atoms with Gasteiger partial charge in [0.05, 0.1) is 18.5 Å². The third kappa shape index (κ3) is 3.00. The highest BCUT2D eigenvalue weighted by atomic mass is 35.5. The average molecular weight is 308 g/mol. The molecule has 2 aromatic heterocycles. The first-order chi connectivity index (χ1) is 8.25. The van der Waals surface area contributed by atoms with Gasteiger partial charge in [-0.05, 0) is 12.1 Å². The Bertz CT molecular complexity index is 555. The van der Waals surface area contributed by atoms with E-state index in [-0.39, 0.29) is 36.7 Å². The number of nitrogens with zero attached hydrogens (tertiary/aromatic N) is 2. The average Bonchev–Trinajstić information content (AvgIpc) is 2.67. The van der Waals surface area contributed by atoms with Crippen molar-refractivity contribution in [3.63, 3.8) is 0 Å². The van der Waals surface area contributed by atoms with Gasteiger partial charge < -0.3 is 14.6 Å². The van der Waals surface area contributed by atoms with Gasteiger partial charge in [-0.2, -0.15) is 0 Å². The summed E-state index contributed by atoms with van der Waals surface area (Å²) in [6.45, 7) is 2.37.